The lowest BCUT2D eigenvalue weighted by Gasteiger charge is -2.19. The van der Waals surface area contributed by atoms with Crippen LogP contribution in [0.3, 0.4) is 0 Å². The number of aromatic nitrogens is 1. The number of para-hydroxylation sites is 1. The minimum Gasteiger partial charge on any atom is -0.319 e. The van der Waals surface area contributed by atoms with Crippen LogP contribution < -0.4 is 15.5 Å². The lowest BCUT2D eigenvalue weighted by atomic mass is 10.1. The summed E-state index contributed by atoms with van der Waals surface area (Å²) in [5.41, 5.74) is 3.94. The number of likely N-dealkylation sites (tertiary alicyclic amines) is 1. The van der Waals surface area contributed by atoms with Crippen molar-refractivity contribution < 1.29 is 14.5 Å². The van der Waals surface area contributed by atoms with Crippen LogP contribution in [0, 0.1) is 13.8 Å². The number of nitrogens with zero attached hydrogens (tertiary/aromatic N) is 1. The van der Waals surface area contributed by atoms with Gasteiger partial charge in [0.2, 0.25) is 0 Å². The van der Waals surface area contributed by atoms with Crippen LogP contribution in [0.2, 0.25) is 0 Å². The van der Waals surface area contributed by atoms with E-state index in [-0.39, 0.29) is 18.5 Å². The number of carbonyl (C=O) groups is 2. The number of thiazole rings is 1. The van der Waals surface area contributed by atoms with Gasteiger partial charge in [0.05, 0.1) is 16.8 Å². The van der Waals surface area contributed by atoms with Crippen molar-refractivity contribution in [1.82, 2.24) is 10.3 Å². The van der Waals surface area contributed by atoms with Crippen molar-refractivity contribution in [1.29, 1.82) is 0 Å². The topological polar surface area (TPSA) is 75.5 Å². The summed E-state index contributed by atoms with van der Waals surface area (Å²) in [6, 6.07) is 13.5. The Morgan fingerprint density at radius 2 is 2.00 bits per heavy atom. The molecule has 4 rings (SSSR count). The van der Waals surface area contributed by atoms with E-state index in [9.17, 15) is 9.59 Å². The Bertz CT molecular complexity index is 1030. The zero-order chi connectivity index (χ0) is 20.4. The highest BCUT2D eigenvalue weighted by Gasteiger charge is 2.34. The van der Waals surface area contributed by atoms with Crippen molar-refractivity contribution >= 4 is 39.2 Å². The van der Waals surface area contributed by atoms with Crippen LogP contribution >= 0.6 is 11.3 Å². The number of quaternary nitrogens is 1. The molecule has 29 heavy (non-hydrogen) atoms. The van der Waals surface area contributed by atoms with Crippen LogP contribution in [0.1, 0.15) is 35.0 Å². The molecule has 1 saturated heterocycles. The molecule has 150 valence electrons. The minimum atomic E-state index is -0.492. The number of hydrogen-bond acceptors (Lipinski definition) is 4. The molecule has 2 aromatic carbocycles. The lowest BCUT2D eigenvalue weighted by molar-refractivity contribution is -0.910. The van der Waals surface area contributed by atoms with Crippen molar-refractivity contribution in [3.8, 4) is 0 Å². The van der Waals surface area contributed by atoms with E-state index in [2.05, 4.69) is 16.7 Å². The molecule has 3 aromatic rings. The van der Waals surface area contributed by atoms with E-state index in [4.69, 9.17) is 4.98 Å². The Labute approximate surface area is 173 Å². The maximum Gasteiger partial charge on any atom is 0.326 e. The van der Waals surface area contributed by atoms with Crippen LogP contribution in [0.25, 0.3) is 10.2 Å². The van der Waals surface area contributed by atoms with Gasteiger partial charge in [-0.15, -0.1) is 11.3 Å². The monoisotopic (exact) mass is 409 g/mol. The van der Waals surface area contributed by atoms with Gasteiger partial charge in [-0.1, -0.05) is 18.2 Å². The van der Waals surface area contributed by atoms with Gasteiger partial charge in [-0.25, -0.2) is 9.78 Å². The van der Waals surface area contributed by atoms with E-state index < -0.39 is 6.03 Å². The van der Waals surface area contributed by atoms with Crippen LogP contribution in [0.4, 0.5) is 10.5 Å². The Hall–Kier alpha value is -2.77. The van der Waals surface area contributed by atoms with Crippen LogP contribution in [-0.4, -0.2) is 30.0 Å². The Morgan fingerprint density at radius 1 is 1.17 bits per heavy atom. The number of aryl methyl sites for hydroxylation is 2. The number of hydrogen-bond donors (Lipinski definition) is 3. The summed E-state index contributed by atoms with van der Waals surface area (Å²) in [5, 5.41) is 6.27. The Kier molecular flexibility index (Phi) is 5.60. The first-order valence-corrected chi connectivity index (χ1v) is 10.7. The van der Waals surface area contributed by atoms with Crippen LogP contribution in [-0.2, 0) is 4.79 Å². The molecular weight excluding hydrogens is 384 g/mol. The predicted octanol–water partition coefficient (Wildman–Crippen LogP) is 2.98. The number of imide groups is 1. The van der Waals surface area contributed by atoms with Crippen molar-refractivity contribution in [2.75, 3.05) is 18.4 Å². The number of urea groups is 1. The van der Waals surface area contributed by atoms with Gasteiger partial charge in [-0.2, -0.15) is 0 Å². The van der Waals surface area contributed by atoms with Gasteiger partial charge in [0.15, 0.2) is 11.6 Å². The Morgan fingerprint density at radius 3 is 2.79 bits per heavy atom. The number of nitrogens with one attached hydrogen (secondary N) is 3. The normalized spacial score (nSPS) is 18.7. The molecule has 3 amide bonds. The summed E-state index contributed by atoms with van der Waals surface area (Å²) in [4.78, 5) is 30.6. The molecule has 7 heteroatoms. The van der Waals surface area contributed by atoms with Crippen molar-refractivity contribution in [2.24, 2.45) is 0 Å². The van der Waals surface area contributed by atoms with E-state index in [1.807, 2.05) is 50.2 Å². The second-order valence-corrected chi connectivity index (χ2v) is 8.66. The van der Waals surface area contributed by atoms with E-state index in [0.29, 0.717) is 5.69 Å². The molecule has 3 N–H and O–H groups in total. The lowest BCUT2D eigenvalue weighted by Crippen LogP contribution is -3.11. The fraction of sp³-hybridized carbons (Fsp3) is 0.318. The quantitative estimate of drug-likeness (QED) is 0.620. The zero-order valence-electron chi connectivity index (χ0n) is 16.6. The maximum absolute atomic E-state index is 12.5. The van der Waals surface area contributed by atoms with Gasteiger partial charge in [0.25, 0.3) is 5.91 Å². The number of rotatable bonds is 4. The van der Waals surface area contributed by atoms with Crippen molar-refractivity contribution in [2.45, 2.75) is 32.7 Å². The third-order valence-corrected chi connectivity index (χ3v) is 6.65. The van der Waals surface area contributed by atoms with Crippen molar-refractivity contribution in [3.05, 3.63) is 58.6 Å². The first-order valence-electron chi connectivity index (χ1n) is 9.88. The summed E-state index contributed by atoms with van der Waals surface area (Å²) >= 11 is 1.70. The molecule has 2 atom stereocenters. The second kappa shape index (κ2) is 8.31. The molecule has 0 saturated carbocycles. The average molecular weight is 410 g/mol. The largest absolute Gasteiger partial charge is 0.326 e. The molecule has 0 spiro atoms. The number of amides is 3. The average Bonchev–Trinajstić information content (AvgIpc) is 3.30. The van der Waals surface area contributed by atoms with Gasteiger partial charge in [-0.3, -0.25) is 10.1 Å². The molecule has 1 aliphatic rings. The fourth-order valence-corrected chi connectivity index (χ4v) is 4.98. The van der Waals surface area contributed by atoms with Crippen LogP contribution in [0.15, 0.2) is 42.5 Å². The van der Waals surface area contributed by atoms with E-state index in [1.54, 1.807) is 11.3 Å². The second-order valence-electron chi connectivity index (χ2n) is 7.60. The van der Waals surface area contributed by atoms with E-state index >= 15 is 0 Å². The van der Waals surface area contributed by atoms with Crippen molar-refractivity contribution in [3.63, 3.8) is 0 Å². The molecule has 1 aliphatic heterocycles. The SMILES string of the molecule is Cc1ccc(NC(=O)NC(=O)C[NH+]2CCC[C@@H]2c2nc3ccccc3s2)cc1C. The molecule has 1 fully saturated rings. The van der Waals surface area contributed by atoms with Gasteiger partial charge in [0, 0.05) is 18.5 Å². The minimum absolute atomic E-state index is 0.209. The standard InChI is InChI=1S/C22H24N4O2S/c1-14-9-10-16(12-15(14)2)23-22(28)25-20(27)13-26-11-5-7-18(26)21-24-17-6-3-4-8-19(17)29-21/h3-4,6,8-10,12,18H,5,7,11,13H2,1-2H3,(H2,23,25,27,28)/p+1/t18-/m1/s1. The molecule has 2 heterocycles. The smallest absolute Gasteiger partial charge is 0.319 e. The highest BCUT2D eigenvalue weighted by molar-refractivity contribution is 7.18. The highest BCUT2D eigenvalue weighted by Crippen LogP contribution is 2.28. The molecule has 0 radical (unpaired) electrons. The summed E-state index contributed by atoms with van der Waals surface area (Å²) in [5.74, 6) is -0.269. The maximum atomic E-state index is 12.5. The highest BCUT2D eigenvalue weighted by atomic mass is 32.1. The summed E-state index contributed by atoms with van der Waals surface area (Å²) in [6.07, 6.45) is 2.06. The summed E-state index contributed by atoms with van der Waals surface area (Å²) in [6.45, 7) is 5.18. The van der Waals surface area contributed by atoms with Gasteiger partial charge in [-0.05, 0) is 49.2 Å². The summed E-state index contributed by atoms with van der Waals surface area (Å²) < 4.78 is 1.17. The van der Waals surface area contributed by atoms with E-state index in [1.165, 1.54) is 9.60 Å². The third kappa shape index (κ3) is 4.46. The first kappa shape index (κ1) is 19.5. The number of carbonyl (C=O) groups excluding carboxylic acids is 2. The summed E-state index contributed by atoms with van der Waals surface area (Å²) in [7, 11) is 0. The molecular formula is C22H25N4O2S+. The number of fused-ring (bicyclic) bond motifs is 1. The molecule has 1 unspecified atom stereocenters. The fourth-order valence-electron chi connectivity index (χ4n) is 3.82. The van der Waals surface area contributed by atoms with Gasteiger partial charge in [0.1, 0.15) is 6.04 Å². The first-order chi connectivity index (χ1) is 14.0. The molecule has 0 aliphatic carbocycles. The number of anilines is 1. The predicted molar refractivity (Wildman–Crippen MR) is 115 cm³/mol. The third-order valence-electron chi connectivity index (χ3n) is 5.50. The van der Waals surface area contributed by atoms with E-state index in [0.717, 1.165) is 41.0 Å². The zero-order valence-corrected chi connectivity index (χ0v) is 17.4. The van der Waals surface area contributed by atoms with Gasteiger partial charge >= 0.3 is 6.03 Å². The molecule has 6 nitrogen and oxygen atoms in total. The van der Waals surface area contributed by atoms with Crippen LogP contribution in [0.5, 0.6) is 0 Å². The Balaban J connectivity index is 1.36. The number of benzene rings is 2. The molecule has 1 aromatic heterocycles. The molecule has 0 bridgehead atoms. The van der Waals surface area contributed by atoms with Gasteiger partial charge < -0.3 is 10.2 Å².